The fraction of sp³-hybridized carbons (Fsp3) is 0.286. The van der Waals surface area contributed by atoms with Crippen LogP contribution in [-0.2, 0) is 21.2 Å². The number of aromatic nitrogens is 2. The standard InChI is InChI=1S/C21H24N4O4S/c1-14(2)25-30(27,28)18-10-8-17(9-11-18)22-19(26)12-13-20-23-24-21(29-20)16-6-4-15(3)5-7-16/h4-11,14,25H,12-13H2,1-3H3,(H,22,26). The number of carbonyl (C=O) groups excluding carboxylic acids is 1. The molecule has 0 radical (unpaired) electrons. The molecule has 9 heteroatoms. The van der Waals surface area contributed by atoms with Gasteiger partial charge in [0.2, 0.25) is 27.7 Å². The second-order valence-corrected chi connectivity index (χ2v) is 8.93. The predicted octanol–water partition coefficient (Wildman–Crippen LogP) is 3.30. The van der Waals surface area contributed by atoms with Crippen LogP contribution in [0.4, 0.5) is 5.69 Å². The third-order valence-electron chi connectivity index (χ3n) is 4.17. The summed E-state index contributed by atoms with van der Waals surface area (Å²) in [5, 5.41) is 10.7. The van der Waals surface area contributed by atoms with Crippen molar-refractivity contribution in [1.29, 1.82) is 0 Å². The summed E-state index contributed by atoms with van der Waals surface area (Å²) in [5.74, 6) is 0.556. The van der Waals surface area contributed by atoms with Crippen LogP contribution < -0.4 is 10.0 Å². The summed E-state index contributed by atoms with van der Waals surface area (Å²) in [7, 11) is -3.56. The lowest BCUT2D eigenvalue weighted by molar-refractivity contribution is -0.116. The molecule has 2 aromatic carbocycles. The molecule has 2 N–H and O–H groups in total. The van der Waals surface area contributed by atoms with Gasteiger partial charge in [-0.1, -0.05) is 17.7 Å². The van der Waals surface area contributed by atoms with E-state index < -0.39 is 10.0 Å². The van der Waals surface area contributed by atoms with Gasteiger partial charge in [-0.25, -0.2) is 13.1 Å². The average Bonchev–Trinajstić information content (AvgIpc) is 3.15. The Hall–Kier alpha value is -3.04. The molecule has 3 aromatic rings. The molecule has 0 saturated carbocycles. The Kier molecular flexibility index (Phi) is 6.63. The Bertz CT molecular complexity index is 1100. The molecule has 0 unspecified atom stereocenters. The van der Waals surface area contributed by atoms with Crippen LogP contribution in [0.2, 0.25) is 0 Å². The minimum absolute atomic E-state index is 0.142. The molecule has 158 valence electrons. The van der Waals surface area contributed by atoms with Gasteiger partial charge in [0.1, 0.15) is 0 Å². The molecule has 3 rings (SSSR count). The van der Waals surface area contributed by atoms with Crippen LogP contribution in [0.15, 0.2) is 57.8 Å². The minimum Gasteiger partial charge on any atom is -0.421 e. The predicted molar refractivity (Wildman–Crippen MR) is 113 cm³/mol. The number of aryl methyl sites for hydroxylation is 2. The first-order chi connectivity index (χ1) is 14.2. The van der Waals surface area contributed by atoms with Crippen molar-refractivity contribution in [1.82, 2.24) is 14.9 Å². The molecular weight excluding hydrogens is 404 g/mol. The van der Waals surface area contributed by atoms with Crippen molar-refractivity contribution in [2.45, 2.75) is 44.6 Å². The fourth-order valence-electron chi connectivity index (χ4n) is 2.71. The second kappa shape index (κ2) is 9.19. The molecule has 1 amide bonds. The van der Waals surface area contributed by atoms with Crippen molar-refractivity contribution in [3.8, 4) is 11.5 Å². The molecule has 1 aromatic heterocycles. The maximum Gasteiger partial charge on any atom is 0.247 e. The van der Waals surface area contributed by atoms with Crippen LogP contribution >= 0.6 is 0 Å². The Morgan fingerprint density at radius 3 is 2.33 bits per heavy atom. The third-order valence-corrected chi connectivity index (χ3v) is 5.84. The van der Waals surface area contributed by atoms with Crippen LogP contribution in [0.5, 0.6) is 0 Å². The Morgan fingerprint density at radius 2 is 1.70 bits per heavy atom. The molecule has 0 aliphatic carbocycles. The largest absolute Gasteiger partial charge is 0.421 e. The molecule has 0 atom stereocenters. The van der Waals surface area contributed by atoms with Gasteiger partial charge in [-0.05, 0) is 57.2 Å². The number of benzene rings is 2. The van der Waals surface area contributed by atoms with E-state index in [0.717, 1.165) is 11.1 Å². The summed E-state index contributed by atoms with van der Waals surface area (Å²) in [4.78, 5) is 12.3. The molecular formula is C21H24N4O4S. The molecule has 0 saturated heterocycles. The van der Waals surface area contributed by atoms with Crippen molar-refractivity contribution >= 4 is 21.6 Å². The molecule has 0 aliphatic heterocycles. The first-order valence-corrected chi connectivity index (χ1v) is 11.0. The Morgan fingerprint density at radius 1 is 1.03 bits per heavy atom. The minimum atomic E-state index is -3.56. The number of anilines is 1. The van der Waals surface area contributed by atoms with Crippen molar-refractivity contribution in [2.24, 2.45) is 0 Å². The second-order valence-electron chi connectivity index (χ2n) is 7.22. The SMILES string of the molecule is Cc1ccc(-c2nnc(CCC(=O)Nc3ccc(S(=O)(=O)NC(C)C)cc3)o2)cc1. The number of sulfonamides is 1. The van der Waals surface area contributed by atoms with E-state index in [1.807, 2.05) is 31.2 Å². The highest BCUT2D eigenvalue weighted by molar-refractivity contribution is 7.89. The smallest absolute Gasteiger partial charge is 0.247 e. The van der Waals surface area contributed by atoms with Crippen LogP contribution in [0.25, 0.3) is 11.5 Å². The zero-order chi connectivity index (χ0) is 21.7. The number of carbonyl (C=O) groups is 1. The van der Waals surface area contributed by atoms with Crippen LogP contribution in [0.3, 0.4) is 0 Å². The summed E-state index contributed by atoms with van der Waals surface area (Å²) < 4.78 is 32.4. The van der Waals surface area contributed by atoms with E-state index in [2.05, 4.69) is 20.2 Å². The van der Waals surface area contributed by atoms with Crippen LogP contribution in [0, 0.1) is 6.92 Å². The van der Waals surface area contributed by atoms with Gasteiger partial charge in [-0.3, -0.25) is 4.79 Å². The topological polar surface area (TPSA) is 114 Å². The number of nitrogens with one attached hydrogen (secondary N) is 2. The molecule has 0 fully saturated rings. The summed E-state index contributed by atoms with van der Waals surface area (Å²) in [5.41, 5.74) is 2.47. The fourth-order valence-corrected chi connectivity index (χ4v) is 3.96. The van der Waals surface area contributed by atoms with E-state index in [0.29, 0.717) is 23.9 Å². The molecule has 0 spiro atoms. The van der Waals surface area contributed by atoms with Gasteiger partial charge in [0.15, 0.2) is 0 Å². The first kappa shape index (κ1) is 21.7. The highest BCUT2D eigenvalue weighted by atomic mass is 32.2. The first-order valence-electron chi connectivity index (χ1n) is 9.54. The summed E-state index contributed by atoms with van der Waals surface area (Å²) in [6, 6.07) is 13.5. The summed E-state index contributed by atoms with van der Waals surface area (Å²) >= 11 is 0. The lowest BCUT2D eigenvalue weighted by Gasteiger charge is -2.10. The lowest BCUT2D eigenvalue weighted by Crippen LogP contribution is -2.30. The van der Waals surface area contributed by atoms with E-state index in [1.165, 1.54) is 12.1 Å². The van der Waals surface area contributed by atoms with E-state index in [1.54, 1.807) is 26.0 Å². The van der Waals surface area contributed by atoms with Crippen molar-refractivity contribution in [3.63, 3.8) is 0 Å². The van der Waals surface area contributed by atoms with Crippen molar-refractivity contribution < 1.29 is 17.6 Å². The maximum absolute atomic E-state index is 12.2. The van der Waals surface area contributed by atoms with E-state index >= 15 is 0 Å². The summed E-state index contributed by atoms with van der Waals surface area (Å²) in [6.45, 7) is 5.50. The normalized spacial score (nSPS) is 11.6. The summed E-state index contributed by atoms with van der Waals surface area (Å²) in [6.07, 6.45) is 0.458. The monoisotopic (exact) mass is 428 g/mol. The number of hydrogen-bond acceptors (Lipinski definition) is 6. The van der Waals surface area contributed by atoms with Gasteiger partial charge in [-0.2, -0.15) is 0 Å². The van der Waals surface area contributed by atoms with E-state index in [-0.39, 0.29) is 23.3 Å². The maximum atomic E-state index is 12.2. The molecule has 1 heterocycles. The number of hydrogen-bond donors (Lipinski definition) is 2. The van der Waals surface area contributed by atoms with Crippen LogP contribution in [0.1, 0.15) is 31.7 Å². The van der Waals surface area contributed by atoms with Gasteiger partial charge in [0.05, 0.1) is 4.90 Å². The van der Waals surface area contributed by atoms with Gasteiger partial charge in [0, 0.05) is 30.1 Å². The van der Waals surface area contributed by atoms with Gasteiger partial charge in [0.25, 0.3) is 0 Å². The number of amides is 1. The molecule has 0 aliphatic rings. The van der Waals surface area contributed by atoms with Gasteiger partial charge >= 0.3 is 0 Å². The number of nitrogens with zero attached hydrogens (tertiary/aromatic N) is 2. The quantitative estimate of drug-likeness (QED) is 0.569. The highest BCUT2D eigenvalue weighted by Gasteiger charge is 2.15. The zero-order valence-corrected chi connectivity index (χ0v) is 17.9. The van der Waals surface area contributed by atoms with Crippen molar-refractivity contribution in [3.05, 3.63) is 60.0 Å². The van der Waals surface area contributed by atoms with Crippen molar-refractivity contribution in [2.75, 3.05) is 5.32 Å². The lowest BCUT2D eigenvalue weighted by atomic mass is 10.1. The van der Waals surface area contributed by atoms with Gasteiger partial charge in [-0.15, -0.1) is 10.2 Å². The van der Waals surface area contributed by atoms with Crippen LogP contribution in [-0.4, -0.2) is 30.6 Å². The third kappa shape index (κ3) is 5.74. The zero-order valence-electron chi connectivity index (χ0n) is 17.0. The Labute approximate surface area is 175 Å². The average molecular weight is 429 g/mol. The van der Waals surface area contributed by atoms with Gasteiger partial charge < -0.3 is 9.73 Å². The van der Waals surface area contributed by atoms with E-state index in [4.69, 9.17) is 4.42 Å². The molecule has 8 nitrogen and oxygen atoms in total. The Balaban J connectivity index is 1.54. The number of rotatable bonds is 8. The van der Waals surface area contributed by atoms with E-state index in [9.17, 15) is 13.2 Å². The molecule has 30 heavy (non-hydrogen) atoms. The molecule has 0 bridgehead atoms. The highest BCUT2D eigenvalue weighted by Crippen LogP contribution is 2.19.